The molecule has 1 nitrogen and oxygen atoms in total. The number of halogens is 2. The zero-order valence-corrected chi connectivity index (χ0v) is 10.6. The highest BCUT2D eigenvalue weighted by molar-refractivity contribution is 6.42. The van der Waals surface area contributed by atoms with Crippen LogP contribution in [0.3, 0.4) is 0 Å². The van der Waals surface area contributed by atoms with Crippen molar-refractivity contribution in [2.24, 2.45) is 0 Å². The van der Waals surface area contributed by atoms with E-state index in [4.69, 9.17) is 23.2 Å². The van der Waals surface area contributed by atoms with Crippen molar-refractivity contribution < 1.29 is 0 Å². The molecule has 0 N–H and O–H groups in total. The third-order valence-corrected chi connectivity index (χ3v) is 3.04. The Morgan fingerprint density at radius 1 is 0.875 bits per heavy atom. The maximum Gasteiger partial charge on any atom is 0.0775 e. The summed E-state index contributed by atoms with van der Waals surface area (Å²) in [6.07, 6.45) is 1.58. The van der Waals surface area contributed by atoms with Gasteiger partial charge in [0.2, 0.25) is 0 Å². The second kappa shape index (κ2) is 4.44. The fourth-order valence-corrected chi connectivity index (χ4v) is 1.95. The molecule has 0 atom stereocenters. The first-order valence-corrected chi connectivity index (χ1v) is 5.71. The number of hydrogen-bond acceptors (Lipinski definition) is 1. The fourth-order valence-electron chi connectivity index (χ4n) is 1.69. The monoisotopic (exact) mass is 251 g/mol. The Morgan fingerprint density at radius 3 is 2.06 bits per heavy atom. The number of hydrogen-bond donors (Lipinski definition) is 0. The van der Waals surface area contributed by atoms with Crippen LogP contribution in [0.2, 0.25) is 10.0 Å². The molecule has 0 aliphatic rings. The van der Waals surface area contributed by atoms with E-state index in [0.717, 1.165) is 11.3 Å². The van der Waals surface area contributed by atoms with Gasteiger partial charge < -0.3 is 0 Å². The van der Waals surface area contributed by atoms with Crippen molar-refractivity contribution in [2.75, 3.05) is 0 Å². The van der Waals surface area contributed by atoms with E-state index in [2.05, 4.69) is 37.0 Å². The summed E-state index contributed by atoms with van der Waals surface area (Å²) in [6.45, 7) is 4.13. The molecule has 3 heteroatoms. The van der Waals surface area contributed by atoms with Gasteiger partial charge in [-0.25, -0.2) is 0 Å². The molecule has 0 saturated carbocycles. The van der Waals surface area contributed by atoms with Crippen LogP contribution in [0.15, 0.2) is 30.5 Å². The predicted octanol–water partition coefficient (Wildman–Crippen LogP) is 4.67. The smallest absolute Gasteiger partial charge is 0.0775 e. The van der Waals surface area contributed by atoms with E-state index < -0.39 is 0 Å². The van der Waals surface area contributed by atoms with Crippen LogP contribution in [0.1, 0.15) is 11.1 Å². The Bertz CT molecular complexity index is 515. The second-order valence-corrected chi connectivity index (χ2v) is 4.67. The summed E-state index contributed by atoms with van der Waals surface area (Å²) < 4.78 is 0. The SMILES string of the molecule is Cc1cc(C)cc(-c2cc(Cl)c(Cl)cn2)c1. The minimum Gasteiger partial charge on any atom is -0.255 e. The lowest BCUT2D eigenvalue weighted by atomic mass is 10.0. The van der Waals surface area contributed by atoms with E-state index in [-0.39, 0.29) is 0 Å². The molecule has 0 saturated heterocycles. The molecule has 0 amide bonds. The van der Waals surface area contributed by atoms with E-state index in [1.165, 1.54) is 11.1 Å². The number of benzene rings is 1. The van der Waals surface area contributed by atoms with E-state index in [9.17, 15) is 0 Å². The van der Waals surface area contributed by atoms with Crippen molar-refractivity contribution >= 4 is 23.2 Å². The van der Waals surface area contributed by atoms with E-state index >= 15 is 0 Å². The van der Waals surface area contributed by atoms with Gasteiger partial charge in [-0.1, -0.05) is 40.4 Å². The summed E-state index contributed by atoms with van der Waals surface area (Å²) in [4.78, 5) is 4.28. The first-order valence-electron chi connectivity index (χ1n) is 4.96. The van der Waals surface area contributed by atoms with Crippen LogP contribution in [0.25, 0.3) is 11.3 Å². The number of aromatic nitrogens is 1. The van der Waals surface area contributed by atoms with Crippen molar-refractivity contribution in [2.45, 2.75) is 13.8 Å². The molecule has 16 heavy (non-hydrogen) atoms. The Kier molecular flexibility index (Phi) is 3.17. The van der Waals surface area contributed by atoms with Gasteiger partial charge in [0, 0.05) is 11.8 Å². The van der Waals surface area contributed by atoms with Crippen molar-refractivity contribution in [1.82, 2.24) is 4.98 Å². The van der Waals surface area contributed by atoms with Crippen molar-refractivity contribution in [3.05, 3.63) is 51.6 Å². The van der Waals surface area contributed by atoms with Crippen LogP contribution >= 0.6 is 23.2 Å². The molecule has 0 spiro atoms. The lowest BCUT2D eigenvalue weighted by Gasteiger charge is -2.05. The van der Waals surface area contributed by atoms with Gasteiger partial charge in [0.25, 0.3) is 0 Å². The van der Waals surface area contributed by atoms with Gasteiger partial charge in [0.1, 0.15) is 0 Å². The molecular formula is C13H11Cl2N. The van der Waals surface area contributed by atoms with Crippen LogP contribution in [-0.2, 0) is 0 Å². The first kappa shape index (κ1) is 11.4. The molecule has 0 bridgehead atoms. The van der Waals surface area contributed by atoms with Crippen LogP contribution < -0.4 is 0 Å². The third-order valence-electron chi connectivity index (χ3n) is 2.33. The van der Waals surface area contributed by atoms with Crippen LogP contribution in [-0.4, -0.2) is 4.98 Å². The summed E-state index contributed by atoms with van der Waals surface area (Å²) in [5.41, 5.74) is 4.34. The predicted molar refractivity (Wildman–Crippen MR) is 69.2 cm³/mol. The summed E-state index contributed by atoms with van der Waals surface area (Å²) in [5, 5.41) is 1.01. The third kappa shape index (κ3) is 2.37. The quantitative estimate of drug-likeness (QED) is 0.718. The Labute approximate surface area is 105 Å². The molecule has 0 radical (unpaired) electrons. The highest BCUT2D eigenvalue weighted by atomic mass is 35.5. The Morgan fingerprint density at radius 2 is 1.50 bits per heavy atom. The maximum atomic E-state index is 5.97. The molecule has 1 aromatic carbocycles. The van der Waals surface area contributed by atoms with Crippen LogP contribution in [0.5, 0.6) is 0 Å². The van der Waals surface area contributed by atoms with Gasteiger partial charge in [-0.15, -0.1) is 0 Å². The molecule has 0 fully saturated rings. The summed E-state index contributed by atoms with van der Waals surface area (Å²) in [7, 11) is 0. The Hall–Kier alpha value is -1.05. The molecule has 1 heterocycles. The summed E-state index contributed by atoms with van der Waals surface area (Å²) >= 11 is 11.8. The molecule has 1 aromatic heterocycles. The number of rotatable bonds is 1. The summed E-state index contributed by atoms with van der Waals surface area (Å²) in [5.74, 6) is 0. The normalized spacial score (nSPS) is 10.5. The molecule has 0 unspecified atom stereocenters. The minimum atomic E-state index is 0.481. The maximum absolute atomic E-state index is 5.97. The summed E-state index contributed by atoms with van der Waals surface area (Å²) in [6, 6.07) is 8.08. The average molecular weight is 252 g/mol. The van der Waals surface area contributed by atoms with Gasteiger partial charge in [0.05, 0.1) is 15.7 Å². The Balaban J connectivity index is 2.54. The lowest BCUT2D eigenvalue weighted by molar-refractivity contribution is 1.30. The molecule has 2 aromatic rings. The van der Waals surface area contributed by atoms with Crippen molar-refractivity contribution in [3.63, 3.8) is 0 Å². The zero-order valence-electron chi connectivity index (χ0n) is 9.09. The second-order valence-electron chi connectivity index (χ2n) is 3.86. The van der Waals surface area contributed by atoms with Gasteiger partial charge >= 0.3 is 0 Å². The molecule has 2 rings (SSSR count). The molecule has 0 aliphatic carbocycles. The first-order chi connectivity index (χ1) is 7.56. The van der Waals surface area contributed by atoms with E-state index in [0.29, 0.717) is 10.0 Å². The highest BCUT2D eigenvalue weighted by Crippen LogP contribution is 2.27. The number of aryl methyl sites for hydroxylation is 2. The fraction of sp³-hybridized carbons (Fsp3) is 0.154. The standard InChI is InChI=1S/C13H11Cl2N/c1-8-3-9(2)5-10(4-8)13-6-11(14)12(15)7-16-13/h3-7H,1-2H3. The largest absolute Gasteiger partial charge is 0.255 e. The molecule has 82 valence electrons. The zero-order chi connectivity index (χ0) is 11.7. The minimum absolute atomic E-state index is 0.481. The van der Waals surface area contributed by atoms with E-state index in [1.54, 1.807) is 12.3 Å². The van der Waals surface area contributed by atoms with Crippen molar-refractivity contribution in [3.8, 4) is 11.3 Å². The van der Waals surface area contributed by atoms with Crippen molar-refractivity contribution in [1.29, 1.82) is 0 Å². The van der Waals surface area contributed by atoms with Gasteiger partial charge in [-0.05, 0) is 32.0 Å². The van der Waals surface area contributed by atoms with Gasteiger partial charge in [0.15, 0.2) is 0 Å². The average Bonchev–Trinajstić information content (AvgIpc) is 2.20. The topological polar surface area (TPSA) is 12.9 Å². The highest BCUT2D eigenvalue weighted by Gasteiger charge is 2.04. The van der Waals surface area contributed by atoms with Gasteiger partial charge in [-0.2, -0.15) is 0 Å². The van der Waals surface area contributed by atoms with Crippen LogP contribution in [0.4, 0.5) is 0 Å². The lowest BCUT2D eigenvalue weighted by Crippen LogP contribution is -1.86. The number of pyridine rings is 1. The van der Waals surface area contributed by atoms with Gasteiger partial charge in [-0.3, -0.25) is 4.98 Å². The van der Waals surface area contributed by atoms with E-state index in [1.807, 2.05) is 0 Å². The molecule has 0 aliphatic heterocycles. The number of nitrogens with zero attached hydrogens (tertiary/aromatic N) is 1. The molecular weight excluding hydrogens is 241 g/mol. The van der Waals surface area contributed by atoms with Crippen LogP contribution in [0, 0.1) is 13.8 Å².